The molecule has 0 radical (unpaired) electrons. The maximum atomic E-state index is 13.9. The fourth-order valence-corrected chi connectivity index (χ4v) is 4.60. The van der Waals surface area contributed by atoms with Crippen LogP contribution in [0.25, 0.3) is 0 Å². The lowest BCUT2D eigenvalue weighted by atomic mass is 9.91. The Labute approximate surface area is 183 Å². The van der Waals surface area contributed by atoms with E-state index < -0.39 is 0 Å². The molecular weight excluding hydrogens is 368 g/mol. The zero-order valence-corrected chi connectivity index (χ0v) is 20.0. The van der Waals surface area contributed by atoms with Crippen molar-refractivity contribution in [1.29, 1.82) is 0 Å². The normalized spacial score (nSPS) is 14.9. The Morgan fingerprint density at radius 3 is 1.07 bits per heavy atom. The highest BCUT2D eigenvalue weighted by Crippen LogP contribution is 2.41. The van der Waals surface area contributed by atoms with E-state index in [1.54, 1.807) is 0 Å². The summed E-state index contributed by atoms with van der Waals surface area (Å²) < 4.78 is 0. The second kappa shape index (κ2) is 8.83. The molecule has 162 valence electrons. The number of amides is 2. The molecule has 0 aromatic heterocycles. The number of hydrogen-bond donors (Lipinski definition) is 0. The molecule has 1 fully saturated rings. The van der Waals surface area contributed by atoms with E-state index in [2.05, 4.69) is 91.8 Å². The highest BCUT2D eigenvalue weighted by molar-refractivity contribution is 6.08. The Hall–Kier alpha value is -2.29. The topological polar surface area (TPSA) is 23.6 Å². The van der Waals surface area contributed by atoms with Crippen molar-refractivity contribution in [3.8, 4) is 0 Å². The molecule has 0 unspecified atom stereocenters. The average molecular weight is 407 g/mol. The second-order valence-corrected chi connectivity index (χ2v) is 9.77. The van der Waals surface area contributed by atoms with Gasteiger partial charge >= 0.3 is 6.03 Å². The average Bonchev–Trinajstić information content (AvgIpc) is 3.07. The van der Waals surface area contributed by atoms with E-state index in [1.165, 1.54) is 22.3 Å². The number of anilines is 2. The number of nitrogens with zero attached hydrogens (tertiary/aromatic N) is 2. The van der Waals surface area contributed by atoms with Crippen molar-refractivity contribution in [3.05, 3.63) is 58.7 Å². The molecule has 0 aliphatic carbocycles. The van der Waals surface area contributed by atoms with Crippen LogP contribution in [0.15, 0.2) is 36.4 Å². The van der Waals surface area contributed by atoms with Gasteiger partial charge in [-0.3, -0.25) is 9.80 Å². The molecule has 0 saturated carbocycles. The van der Waals surface area contributed by atoms with E-state index in [-0.39, 0.29) is 6.03 Å². The van der Waals surface area contributed by atoms with Gasteiger partial charge in [0.2, 0.25) is 0 Å². The third kappa shape index (κ3) is 3.99. The lowest BCUT2D eigenvalue weighted by molar-refractivity contribution is 0.255. The molecule has 0 spiro atoms. The zero-order chi connectivity index (χ0) is 22.2. The summed E-state index contributed by atoms with van der Waals surface area (Å²) in [6, 6.07) is 13.1. The van der Waals surface area contributed by atoms with Crippen molar-refractivity contribution in [3.63, 3.8) is 0 Å². The Kier molecular flexibility index (Phi) is 6.59. The van der Waals surface area contributed by atoms with Gasteiger partial charge in [-0.2, -0.15) is 0 Å². The molecule has 1 aliphatic rings. The quantitative estimate of drug-likeness (QED) is 0.484. The fourth-order valence-electron chi connectivity index (χ4n) is 4.60. The van der Waals surface area contributed by atoms with Crippen molar-refractivity contribution in [2.24, 2.45) is 0 Å². The Morgan fingerprint density at radius 2 is 0.833 bits per heavy atom. The molecule has 0 atom stereocenters. The number of carbonyl (C=O) groups excluding carboxylic acids is 1. The van der Waals surface area contributed by atoms with Gasteiger partial charge < -0.3 is 0 Å². The lowest BCUT2D eigenvalue weighted by Gasteiger charge is -2.29. The molecule has 3 rings (SSSR count). The van der Waals surface area contributed by atoms with Gasteiger partial charge in [0.05, 0.1) is 11.4 Å². The first-order valence-electron chi connectivity index (χ1n) is 11.5. The van der Waals surface area contributed by atoms with Gasteiger partial charge in [-0.05, 0) is 45.9 Å². The van der Waals surface area contributed by atoms with Crippen molar-refractivity contribution >= 4 is 17.4 Å². The number of para-hydroxylation sites is 2. The molecule has 3 heteroatoms. The molecule has 0 N–H and O–H groups in total. The van der Waals surface area contributed by atoms with Crippen LogP contribution < -0.4 is 9.80 Å². The zero-order valence-electron chi connectivity index (χ0n) is 20.0. The van der Waals surface area contributed by atoms with Gasteiger partial charge in [-0.25, -0.2) is 4.79 Å². The molecule has 30 heavy (non-hydrogen) atoms. The summed E-state index contributed by atoms with van der Waals surface area (Å²) in [5.41, 5.74) is 7.30. The number of urea groups is 1. The Morgan fingerprint density at radius 1 is 0.567 bits per heavy atom. The standard InChI is InChI=1S/C27H38N2O/c1-17(2)21-11-9-12-22(18(3)4)25(21)28-15-16-29(27(28)30)26-23(19(5)6)13-10-14-24(26)20(7)8/h9-14,17-20H,15-16H2,1-8H3. The van der Waals surface area contributed by atoms with Crippen LogP contribution in [0.1, 0.15) is 101 Å². The minimum absolute atomic E-state index is 0.111. The summed E-state index contributed by atoms with van der Waals surface area (Å²) in [6.07, 6.45) is 0. The Bertz CT molecular complexity index is 785. The molecular formula is C27H38N2O. The third-order valence-electron chi connectivity index (χ3n) is 6.23. The fraction of sp³-hybridized carbons (Fsp3) is 0.519. The van der Waals surface area contributed by atoms with Gasteiger partial charge in [0.1, 0.15) is 0 Å². The number of hydrogen-bond acceptors (Lipinski definition) is 1. The van der Waals surface area contributed by atoms with E-state index in [0.29, 0.717) is 23.7 Å². The predicted molar refractivity (Wildman–Crippen MR) is 129 cm³/mol. The summed E-state index contributed by atoms with van der Waals surface area (Å²) in [6.45, 7) is 19.2. The summed E-state index contributed by atoms with van der Waals surface area (Å²) >= 11 is 0. The summed E-state index contributed by atoms with van der Waals surface area (Å²) in [5.74, 6) is 1.48. The molecule has 1 heterocycles. The van der Waals surface area contributed by atoms with Gasteiger partial charge in [0.15, 0.2) is 0 Å². The lowest BCUT2D eigenvalue weighted by Crippen LogP contribution is -2.34. The minimum atomic E-state index is 0.111. The maximum Gasteiger partial charge on any atom is 0.329 e. The first-order valence-corrected chi connectivity index (χ1v) is 11.5. The predicted octanol–water partition coefficient (Wildman–Crippen LogP) is 7.63. The van der Waals surface area contributed by atoms with Crippen molar-refractivity contribution in [1.82, 2.24) is 0 Å². The van der Waals surface area contributed by atoms with Crippen LogP contribution in [0.2, 0.25) is 0 Å². The first-order chi connectivity index (χ1) is 14.1. The van der Waals surface area contributed by atoms with Crippen LogP contribution in [0.3, 0.4) is 0 Å². The molecule has 1 aliphatic heterocycles. The van der Waals surface area contributed by atoms with E-state index in [0.717, 1.165) is 24.5 Å². The number of carbonyl (C=O) groups is 1. The van der Waals surface area contributed by atoms with E-state index in [9.17, 15) is 4.79 Å². The van der Waals surface area contributed by atoms with Gasteiger partial charge in [-0.1, -0.05) is 91.8 Å². The molecule has 2 aromatic rings. The highest BCUT2D eigenvalue weighted by Gasteiger charge is 2.36. The van der Waals surface area contributed by atoms with Crippen LogP contribution in [-0.4, -0.2) is 19.1 Å². The summed E-state index contributed by atoms with van der Waals surface area (Å²) in [7, 11) is 0. The molecule has 1 saturated heterocycles. The molecule has 3 nitrogen and oxygen atoms in total. The van der Waals surface area contributed by atoms with Crippen LogP contribution >= 0.6 is 0 Å². The molecule has 2 aromatic carbocycles. The van der Waals surface area contributed by atoms with Gasteiger partial charge in [-0.15, -0.1) is 0 Å². The van der Waals surface area contributed by atoms with Crippen molar-refractivity contribution < 1.29 is 4.79 Å². The second-order valence-electron chi connectivity index (χ2n) is 9.77. The van der Waals surface area contributed by atoms with Gasteiger partial charge in [0.25, 0.3) is 0 Å². The molecule has 2 amide bonds. The Balaban J connectivity index is 2.12. The van der Waals surface area contributed by atoms with Crippen LogP contribution in [0.5, 0.6) is 0 Å². The van der Waals surface area contributed by atoms with Crippen LogP contribution in [0.4, 0.5) is 16.2 Å². The third-order valence-corrected chi connectivity index (χ3v) is 6.23. The molecule has 0 bridgehead atoms. The maximum absolute atomic E-state index is 13.9. The van der Waals surface area contributed by atoms with Crippen molar-refractivity contribution in [2.45, 2.75) is 79.1 Å². The monoisotopic (exact) mass is 406 g/mol. The van der Waals surface area contributed by atoms with Crippen molar-refractivity contribution in [2.75, 3.05) is 22.9 Å². The van der Waals surface area contributed by atoms with E-state index in [1.807, 2.05) is 9.80 Å². The largest absolute Gasteiger partial charge is 0.329 e. The van der Waals surface area contributed by atoms with E-state index in [4.69, 9.17) is 0 Å². The summed E-state index contributed by atoms with van der Waals surface area (Å²) in [4.78, 5) is 17.9. The number of rotatable bonds is 6. The van der Waals surface area contributed by atoms with E-state index >= 15 is 0 Å². The SMILES string of the molecule is CC(C)c1cccc(C(C)C)c1N1CCN(c2c(C(C)C)cccc2C(C)C)C1=O. The smallest absolute Gasteiger partial charge is 0.292 e. The summed E-state index contributed by atoms with van der Waals surface area (Å²) in [5, 5.41) is 0. The van der Waals surface area contributed by atoms with Crippen LogP contribution in [0, 0.1) is 0 Å². The number of benzene rings is 2. The minimum Gasteiger partial charge on any atom is -0.292 e. The first kappa shape index (κ1) is 22.4. The van der Waals surface area contributed by atoms with Gasteiger partial charge in [0, 0.05) is 13.1 Å². The van der Waals surface area contributed by atoms with Crippen LogP contribution in [-0.2, 0) is 0 Å². The highest BCUT2D eigenvalue weighted by atomic mass is 16.2.